The molecule has 0 radical (unpaired) electrons. The van der Waals surface area contributed by atoms with Crippen LogP contribution in [0.3, 0.4) is 0 Å². The first kappa shape index (κ1) is 18.0. The van der Waals surface area contributed by atoms with Gasteiger partial charge >= 0.3 is 0 Å². The largest absolute Gasteiger partial charge is 0.356 e. The molecule has 2 saturated carbocycles. The van der Waals surface area contributed by atoms with E-state index >= 15 is 0 Å². The Hall–Kier alpha value is -1.02. The molecule has 4 heteroatoms. The molecule has 1 saturated heterocycles. The molecule has 2 aromatic carbocycles. The molecule has 2 aliphatic carbocycles. The van der Waals surface area contributed by atoms with Gasteiger partial charge in [0, 0.05) is 11.2 Å². The quantitative estimate of drug-likeness (QED) is 0.718. The van der Waals surface area contributed by atoms with Crippen molar-refractivity contribution in [3.63, 3.8) is 0 Å². The predicted molar refractivity (Wildman–Crippen MR) is 114 cm³/mol. The molecule has 27 heavy (non-hydrogen) atoms. The van der Waals surface area contributed by atoms with Crippen molar-refractivity contribution >= 4 is 29.3 Å². The fraction of sp³-hybridized carbons (Fsp3) is 0.478. The van der Waals surface area contributed by atoms with Crippen LogP contribution >= 0.6 is 7.92 Å². The number of benzene rings is 2. The number of hydrogen-bond donors (Lipinski definition) is 0. The van der Waals surface area contributed by atoms with Gasteiger partial charge in [-0.05, 0) is 49.1 Å². The molecule has 2 nitrogen and oxygen atoms in total. The average Bonchev–Trinajstić information content (AvgIpc) is 3.04. The fourth-order valence-corrected chi connectivity index (χ4v) is 11.4. The van der Waals surface area contributed by atoms with Crippen LogP contribution in [0, 0.1) is 16.7 Å². The van der Waals surface area contributed by atoms with Crippen LogP contribution in [0.15, 0.2) is 60.7 Å². The standard InChI is InChI=1S/C23H27O2PS/c1-22(2)17-13-14-23(22)16-27(24)21(25-20(23)15-17)26(18-9-5-3-6-10-18)19-11-7-4-8-12-19/h3-12,17,20-21H,13-16H2,1-2H3/t17-,20-,21+,23-,27?/m1/s1. The van der Waals surface area contributed by atoms with E-state index in [0.717, 1.165) is 18.1 Å². The van der Waals surface area contributed by atoms with Crippen molar-refractivity contribution in [3.05, 3.63) is 60.7 Å². The lowest BCUT2D eigenvalue weighted by molar-refractivity contribution is -0.0467. The number of hydrogen-bond acceptors (Lipinski definition) is 2. The molecule has 1 aliphatic heterocycles. The van der Waals surface area contributed by atoms with Gasteiger partial charge in [-0.25, -0.2) is 0 Å². The van der Waals surface area contributed by atoms with Crippen molar-refractivity contribution in [1.29, 1.82) is 0 Å². The maximum absolute atomic E-state index is 13.6. The third kappa shape index (κ3) is 2.62. The maximum atomic E-state index is 13.6. The zero-order valence-corrected chi connectivity index (χ0v) is 17.7. The highest BCUT2D eigenvalue weighted by atomic mass is 32.2. The van der Waals surface area contributed by atoms with Crippen molar-refractivity contribution in [2.45, 2.75) is 44.4 Å². The molecule has 0 amide bonds. The molecule has 1 spiro atoms. The first-order valence-corrected chi connectivity index (χ1v) is 12.7. The summed E-state index contributed by atoms with van der Waals surface area (Å²) in [5, 5.41) is 2.32. The van der Waals surface area contributed by atoms with Gasteiger partial charge in [0.15, 0.2) is 5.18 Å². The van der Waals surface area contributed by atoms with E-state index in [4.69, 9.17) is 4.74 Å². The van der Waals surface area contributed by atoms with Crippen molar-refractivity contribution < 1.29 is 8.95 Å². The predicted octanol–water partition coefficient (Wildman–Crippen LogP) is 4.38. The summed E-state index contributed by atoms with van der Waals surface area (Å²) in [6.07, 6.45) is 3.88. The maximum Gasteiger partial charge on any atom is 0.159 e. The Morgan fingerprint density at radius 3 is 2.15 bits per heavy atom. The first-order chi connectivity index (χ1) is 13.0. The fourth-order valence-electron chi connectivity index (χ4n) is 5.81. The molecule has 2 aromatic rings. The van der Waals surface area contributed by atoms with E-state index < -0.39 is 18.7 Å². The van der Waals surface area contributed by atoms with Gasteiger partial charge in [0.05, 0.1) is 16.9 Å². The molecule has 1 heterocycles. The molecule has 5 rings (SSSR count). The van der Waals surface area contributed by atoms with Crippen LogP contribution in [0.5, 0.6) is 0 Å². The Morgan fingerprint density at radius 1 is 1.00 bits per heavy atom. The van der Waals surface area contributed by atoms with Crippen LogP contribution in [0.25, 0.3) is 0 Å². The normalized spacial score (nSPS) is 36.7. The topological polar surface area (TPSA) is 26.3 Å². The average molecular weight is 399 g/mol. The second-order valence-electron chi connectivity index (χ2n) is 8.85. The van der Waals surface area contributed by atoms with Crippen LogP contribution in [-0.4, -0.2) is 21.2 Å². The highest BCUT2D eigenvalue weighted by Crippen LogP contribution is 2.69. The van der Waals surface area contributed by atoms with Crippen molar-refractivity contribution in [2.75, 3.05) is 5.75 Å². The lowest BCUT2D eigenvalue weighted by atomic mass is 9.69. The van der Waals surface area contributed by atoms with Gasteiger partial charge in [0.1, 0.15) is 0 Å². The van der Waals surface area contributed by atoms with Gasteiger partial charge in [-0.15, -0.1) is 0 Å². The summed E-state index contributed by atoms with van der Waals surface area (Å²) in [6.45, 7) is 4.78. The van der Waals surface area contributed by atoms with E-state index in [0.29, 0.717) is 0 Å². The zero-order chi connectivity index (χ0) is 18.6. The van der Waals surface area contributed by atoms with Crippen molar-refractivity contribution in [1.82, 2.24) is 0 Å². The molecule has 0 N–H and O–H groups in total. The van der Waals surface area contributed by atoms with Crippen LogP contribution in [-0.2, 0) is 15.5 Å². The molecule has 3 aliphatic rings. The molecular formula is C23H27O2PS. The second-order valence-corrected chi connectivity index (χ2v) is 12.9. The summed E-state index contributed by atoms with van der Waals surface area (Å²) in [4.78, 5) is 0. The Morgan fingerprint density at radius 2 is 1.59 bits per heavy atom. The Balaban J connectivity index is 1.54. The smallest absolute Gasteiger partial charge is 0.159 e. The summed E-state index contributed by atoms with van der Waals surface area (Å²) >= 11 is 0. The molecular weight excluding hydrogens is 371 g/mol. The van der Waals surface area contributed by atoms with Crippen LogP contribution in [0.2, 0.25) is 0 Å². The summed E-state index contributed by atoms with van der Waals surface area (Å²) in [5.74, 6) is 1.53. The van der Waals surface area contributed by atoms with E-state index in [2.05, 4.69) is 62.4 Å². The minimum absolute atomic E-state index is 0.118. The zero-order valence-electron chi connectivity index (χ0n) is 16.0. The second kappa shape index (κ2) is 6.51. The minimum atomic E-state index is -0.972. The lowest BCUT2D eigenvalue weighted by Crippen LogP contribution is -2.52. The van der Waals surface area contributed by atoms with Gasteiger partial charge in [0.25, 0.3) is 0 Å². The van der Waals surface area contributed by atoms with E-state index in [1.54, 1.807) is 0 Å². The SMILES string of the molecule is CC1(C)[C@@H]2CC[C@]13CS(=O)[C@H](P(c1ccccc1)c1ccccc1)O[C@@H]3C2. The number of fused-ring (bicyclic) bond motifs is 1. The monoisotopic (exact) mass is 398 g/mol. The van der Waals surface area contributed by atoms with E-state index in [1.165, 1.54) is 23.5 Å². The van der Waals surface area contributed by atoms with Crippen LogP contribution < -0.4 is 10.6 Å². The van der Waals surface area contributed by atoms with Crippen LogP contribution in [0.4, 0.5) is 0 Å². The molecule has 0 aromatic heterocycles. The lowest BCUT2D eigenvalue weighted by Gasteiger charge is -2.48. The van der Waals surface area contributed by atoms with Crippen molar-refractivity contribution in [3.8, 4) is 0 Å². The van der Waals surface area contributed by atoms with Gasteiger partial charge < -0.3 is 4.74 Å². The van der Waals surface area contributed by atoms with Crippen molar-refractivity contribution in [2.24, 2.45) is 16.7 Å². The van der Waals surface area contributed by atoms with E-state index in [9.17, 15) is 4.21 Å². The van der Waals surface area contributed by atoms with Gasteiger partial charge in [-0.3, -0.25) is 4.21 Å². The molecule has 142 valence electrons. The highest BCUT2D eigenvalue weighted by Gasteiger charge is 2.67. The van der Waals surface area contributed by atoms with Gasteiger partial charge in [0.2, 0.25) is 0 Å². The van der Waals surface area contributed by atoms with Gasteiger partial charge in [-0.2, -0.15) is 0 Å². The molecule has 3 fully saturated rings. The third-order valence-corrected chi connectivity index (χ3v) is 12.5. The Labute approximate surface area is 165 Å². The molecule has 5 atom stereocenters. The summed E-state index contributed by atoms with van der Waals surface area (Å²) in [7, 11) is -1.77. The first-order valence-electron chi connectivity index (χ1n) is 9.95. The van der Waals surface area contributed by atoms with E-state index in [-0.39, 0.29) is 22.1 Å². The number of rotatable bonds is 3. The summed E-state index contributed by atoms with van der Waals surface area (Å²) < 4.78 is 20.4. The Bertz CT molecular complexity index is 814. The minimum Gasteiger partial charge on any atom is -0.356 e. The van der Waals surface area contributed by atoms with E-state index in [1.807, 2.05) is 12.1 Å². The summed E-state index contributed by atoms with van der Waals surface area (Å²) in [6, 6.07) is 21.1. The van der Waals surface area contributed by atoms with Gasteiger partial charge in [-0.1, -0.05) is 74.5 Å². The number of ether oxygens (including phenoxy) is 1. The van der Waals surface area contributed by atoms with Crippen LogP contribution in [0.1, 0.15) is 33.1 Å². The molecule has 2 bridgehead atoms. The third-order valence-electron chi connectivity index (χ3n) is 7.54. The summed E-state index contributed by atoms with van der Waals surface area (Å²) in [5.41, 5.74) is 0.369. The molecule has 1 unspecified atom stereocenters. The Kier molecular flexibility index (Phi) is 4.35. The highest BCUT2D eigenvalue weighted by molar-refractivity contribution is 7.97.